The lowest BCUT2D eigenvalue weighted by Crippen LogP contribution is -2.27. The summed E-state index contributed by atoms with van der Waals surface area (Å²) in [5.74, 6) is 3.60. The van der Waals surface area contributed by atoms with E-state index in [0.717, 1.165) is 24.2 Å². The molecule has 0 aromatic carbocycles. The Morgan fingerprint density at radius 3 is 2.64 bits per heavy atom. The van der Waals surface area contributed by atoms with Crippen molar-refractivity contribution in [1.82, 2.24) is 0 Å². The minimum absolute atomic E-state index is 0.0827. The van der Waals surface area contributed by atoms with Gasteiger partial charge in [0, 0.05) is 0 Å². The van der Waals surface area contributed by atoms with E-state index < -0.39 is 0 Å². The smallest absolute Gasteiger partial charge is 0.0574 e. The van der Waals surface area contributed by atoms with Crippen LogP contribution in [0.3, 0.4) is 0 Å². The Balaban J connectivity index is 1.90. The molecule has 3 aliphatic rings. The van der Waals surface area contributed by atoms with Crippen molar-refractivity contribution < 1.29 is 5.11 Å². The van der Waals surface area contributed by atoms with Crippen LogP contribution in [0.1, 0.15) is 32.1 Å². The Bertz CT molecular complexity index is 178. The summed E-state index contributed by atoms with van der Waals surface area (Å²) >= 11 is 0. The van der Waals surface area contributed by atoms with Crippen LogP contribution in [0.2, 0.25) is 0 Å². The lowest BCUT2D eigenvalue weighted by molar-refractivity contribution is 0.0642. The van der Waals surface area contributed by atoms with Crippen molar-refractivity contribution >= 4 is 0 Å². The van der Waals surface area contributed by atoms with Gasteiger partial charge in [0.15, 0.2) is 0 Å². The molecule has 0 heterocycles. The highest BCUT2D eigenvalue weighted by atomic mass is 16.3. The molecular formula is C10H16O. The fraction of sp³-hybridized carbons (Fsp3) is 1.00. The highest BCUT2D eigenvalue weighted by molar-refractivity contribution is 5.02. The molecule has 5 atom stereocenters. The average Bonchev–Trinajstić information content (AvgIpc) is 2.52. The molecule has 62 valence electrons. The van der Waals surface area contributed by atoms with E-state index in [0.29, 0.717) is 5.92 Å². The van der Waals surface area contributed by atoms with Crippen molar-refractivity contribution in [2.45, 2.75) is 38.2 Å². The zero-order valence-corrected chi connectivity index (χ0v) is 6.87. The van der Waals surface area contributed by atoms with Gasteiger partial charge in [-0.25, -0.2) is 0 Å². The number of hydrogen-bond donors (Lipinski definition) is 1. The van der Waals surface area contributed by atoms with Gasteiger partial charge in [-0.3, -0.25) is 0 Å². The third kappa shape index (κ3) is 0.703. The van der Waals surface area contributed by atoms with Crippen LogP contribution in [0, 0.1) is 23.7 Å². The maximum absolute atomic E-state index is 9.67. The second-order valence-corrected chi connectivity index (χ2v) is 4.72. The molecule has 0 radical (unpaired) electrons. The highest BCUT2D eigenvalue weighted by Gasteiger charge is 2.53. The van der Waals surface area contributed by atoms with Gasteiger partial charge in [-0.1, -0.05) is 6.42 Å². The summed E-state index contributed by atoms with van der Waals surface area (Å²) in [5, 5.41) is 9.67. The summed E-state index contributed by atoms with van der Waals surface area (Å²) in [6.07, 6.45) is 6.90. The Morgan fingerprint density at radius 2 is 1.73 bits per heavy atom. The summed E-state index contributed by atoms with van der Waals surface area (Å²) in [4.78, 5) is 0. The van der Waals surface area contributed by atoms with Crippen molar-refractivity contribution in [3.05, 3.63) is 0 Å². The van der Waals surface area contributed by atoms with E-state index in [9.17, 15) is 5.11 Å². The molecule has 3 fully saturated rings. The summed E-state index contributed by atoms with van der Waals surface area (Å²) in [6.45, 7) is 0. The van der Waals surface area contributed by atoms with Gasteiger partial charge in [-0.15, -0.1) is 0 Å². The van der Waals surface area contributed by atoms with E-state index in [-0.39, 0.29) is 6.10 Å². The fourth-order valence-electron chi connectivity index (χ4n) is 4.03. The SMILES string of the molecule is O[C@@H]1C[C@@H]2C[C@H]1[C@@H]1CCC[C@H]21. The van der Waals surface area contributed by atoms with Gasteiger partial charge >= 0.3 is 0 Å². The minimum Gasteiger partial charge on any atom is -0.393 e. The summed E-state index contributed by atoms with van der Waals surface area (Å²) in [5.41, 5.74) is 0. The van der Waals surface area contributed by atoms with Crippen LogP contribution in [0.15, 0.2) is 0 Å². The maximum Gasteiger partial charge on any atom is 0.0574 e. The monoisotopic (exact) mass is 152 g/mol. The van der Waals surface area contributed by atoms with E-state index >= 15 is 0 Å². The molecule has 3 saturated carbocycles. The maximum atomic E-state index is 9.67. The molecule has 0 amide bonds. The van der Waals surface area contributed by atoms with Gasteiger partial charge in [0.2, 0.25) is 0 Å². The van der Waals surface area contributed by atoms with Crippen LogP contribution in [0.25, 0.3) is 0 Å². The summed E-state index contributed by atoms with van der Waals surface area (Å²) in [6, 6.07) is 0. The molecule has 2 bridgehead atoms. The van der Waals surface area contributed by atoms with Gasteiger partial charge in [-0.05, 0) is 49.4 Å². The number of aliphatic hydroxyl groups is 1. The Hall–Kier alpha value is -0.0400. The molecule has 0 saturated heterocycles. The molecule has 3 aliphatic carbocycles. The van der Waals surface area contributed by atoms with E-state index in [1.54, 1.807) is 0 Å². The lowest BCUT2D eigenvalue weighted by atomic mass is 9.80. The second-order valence-electron chi connectivity index (χ2n) is 4.72. The first-order chi connectivity index (χ1) is 5.36. The van der Waals surface area contributed by atoms with Crippen LogP contribution >= 0.6 is 0 Å². The molecule has 11 heavy (non-hydrogen) atoms. The molecule has 3 rings (SSSR count). The number of aliphatic hydroxyl groups excluding tert-OH is 1. The zero-order valence-electron chi connectivity index (χ0n) is 6.87. The normalized spacial score (nSPS) is 60.3. The van der Waals surface area contributed by atoms with E-state index in [4.69, 9.17) is 0 Å². The predicted octanol–water partition coefficient (Wildman–Crippen LogP) is 1.80. The van der Waals surface area contributed by atoms with Gasteiger partial charge in [0.05, 0.1) is 6.10 Å². The molecule has 0 aromatic heterocycles. The van der Waals surface area contributed by atoms with E-state index in [1.165, 1.54) is 25.7 Å². The van der Waals surface area contributed by atoms with Crippen LogP contribution in [0.5, 0.6) is 0 Å². The molecule has 0 aromatic rings. The molecule has 1 heteroatoms. The Labute approximate surface area is 67.8 Å². The molecule has 1 N–H and O–H groups in total. The van der Waals surface area contributed by atoms with Crippen LogP contribution in [-0.4, -0.2) is 11.2 Å². The molecule has 0 aliphatic heterocycles. The standard InChI is InChI=1S/C10H16O/c11-10-5-6-4-9(10)8-3-1-2-7(6)8/h6-11H,1-5H2/t6-,7+,8+,9-,10+/m0/s1. The quantitative estimate of drug-likeness (QED) is 0.561. The zero-order chi connectivity index (χ0) is 7.42. The van der Waals surface area contributed by atoms with Crippen LogP contribution in [0.4, 0.5) is 0 Å². The van der Waals surface area contributed by atoms with Gasteiger partial charge in [-0.2, -0.15) is 0 Å². The van der Waals surface area contributed by atoms with Gasteiger partial charge in [0.25, 0.3) is 0 Å². The molecule has 0 spiro atoms. The minimum atomic E-state index is 0.0827. The first-order valence-electron chi connectivity index (χ1n) is 5.04. The third-order valence-electron chi connectivity index (χ3n) is 4.39. The van der Waals surface area contributed by atoms with E-state index in [2.05, 4.69) is 0 Å². The number of rotatable bonds is 0. The summed E-state index contributed by atoms with van der Waals surface area (Å²) < 4.78 is 0. The largest absolute Gasteiger partial charge is 0.393 e. The lowest BCUT2D eigenvalue weighted by Gasteiger charge is -2.28. The predicted molar refractivity (Wildman–Crippen MR) is 43.1 cm³/mol. The van der Waals surface area contributed by atoms with Gasteiger partial charge in [0.1, 0.15) is 0 Å². The Kier molecular flexibility index (Phi) is 1.18. The third-order valence-corrected chi connectivity index (χ3v) is 4.39. The molecule has 1 nitrogen and oxygen atoms in total. The number of fused-ring (bicyclic) bond motifs is 5. The van der Waals surface area contributed by atoms with E-state index in [1.807, 2.05) is 0 Å². The van der Waals surface area contributed by atoms with Crippen LogP contribution in [-0.2, 0) is 0 Å². The highest BCUT2D eigenvalue weighted by Crippen LogP contribution is 2.58. The van der Waals surface area contributed by atoms with Crippen molar-refractivity contribution in [3.8, 4) is 0 Å². The molecule has 0 unspecified atom stereocenters. The first kappa shape index (κ1) is 6.47. The average molecular weight is 152 g/mol. The van der Waals surface area contributed by atoms with Crippen molar-refractivity contribution in [2.75, 3.05) is 0 Å². The van der Waals surface area contributed by atoms with Crippen molar-refractivity contribution in [3.63, 3.8) is 0 Å². The topological polar surface area (TPSA) is 20.2 Å². The Morgan fingerprint density at radius 1 is 0.909 bits per heavy atom. The second kappa shape index (κ2) is 2.01. The number of hydrogen-bond acceptors (Lipinski definition) is 1. The fourth-order valence-corrected chi connectivity index (χ4v) is 4.03. The van der Waals surface area contributed by atoms with Gasteiger partial charge < -0.3 is 5.11 Å². The van der Waals surface area contributed by atoms with Crippen molar-refractivity contribution in [2.24, 2.45) is 23.7 Å². The molecular weight excluding hydrogens is 136 g/mol. The summed E-state index contributed by atoms with van der Waals surface area (Å²) in [7, 11) is 0. The van der Waals surface area contributed by atoms with Crippen molar-refractivity contribution in [1.29, 1.82) is 0 Å². The first-order valence-corrected chi connectivity index (χ1v) is 5.04. The van der Waals surface area contributed by atoms with Crippen LogP contribution < -0.4 is 0 Å².